The molecule has 7 rings (SSSR count). The Morgan fingerprint density at radius 2 is 1.42 bits per heavy atom. The number of thiazole rings is 2. The molecule has 0 aliphatic carbocycles. The van der Waals surface area contributed by atoms with Crippen molar-refractivity contribution in [3.8, 4) is 5.75 Å². The van der Waals surface area contributed by atoms with Gasteiger partial charge in [0.15, 0.2) is 8.68 Å². The normalized spacial score (nSPS) is 12.4. The fourth-order valence-electron chi connectivity index (χ4n) is 5.09. The van der Waals surface area contributed by atoms with Gasteiger partial charge >= 0.3 is 0 Å². The number of rotatable bonds is 11. The zero-order valence-electron chi connectivity index (χ0n) is 25.7. The maximum Gasteiger partial charge on any atom is 0.296 e. The van der Waals surface area contributed by atoms with E-state index >= 15 is 0 Å². The zero-order valence-corrected chi connectivity index (χ0v) is 29.0. The van der Waals surface area contributed by atoms with Crippen LogP contribution in [-0.4, -0.2) is 57.1 Å². The molecule has 0 atom stereocenters. The second-order valence-electron chi connectivity index (χ2n) is 10.6. The van der Waals surface area contributed by atoms with Gasteiger partial charge in [0.25, 0.3) is 17.5 Å². The summed E-state index contributed by atoms with van der Waals surface area (Å²) in [6.45, 7) is 0. The summed E-state index contributed by atoms with van der Waals surface area (Å²) in [4.78, 5) is 72.3. The third kappa shape index (κ3) is 6.75. The fraction of sp³-hybridized carbons (Fsp3) is 0.0909. The van der Waals surface area contributed by atoms with E-state index in [0.29, 0.717) is 48.0 Å². The van der Waals surface area contributed by atoms with Gasteiger partial charge < -0.3 is 15.4 Å². The Morgan fingerprint density at radius 1 is 0.820 bits per heavy atom. The first-order valence-electron chi connectivity index (χ1n) is 14.6. The summed E-state index contributed by atoms with van der Waals surface area (Å²) in [5.74, 6) is -0.992. The van der Waals surface area contributed by atoms with Gasteiger partial charge in [0, 0.05) is 5.69 Å². The van der Waals surface area contributed by atoms with Crippen molar-refractivity contribution < 1.29 is 28.8 Å². The number of methoxy groups -OCH3 is 1. The van der Waals surface area contributed by atoms with E-state index in [1.165, 1.54) is 76.4 Å². The van der Waals surface area contributed by atoms with Crippen molar-refractivity contribution in [3.05, 3.63) is 100 Å². The molecule has 3 heterocycles. The van der Waals surface area contributed by atoms with E-state index in [1.807, 2.05) is 0 Å². The Kier molecular flexibility index (Phi) is 9.20. The third-order valence-corrected chi connectivity index (χ3v) is 11.7. The summed E-state index contributed by atoms with van der Waals surface area (Å²) in [5, 5.41) is 16.9. The van der Waals surface area contributed by atoms with Crippen LogP contribution in [0.25, 0.3) is 20.4 Å². The van der Waals surface area contributed by atoms with Crippen LogP contribution in [0, 0.1) is 10.1 Å². The third-order valence-electron chi connectivity index (χ3n) is 7.39. The Hall–Kier alpha value is -5.36. The van der Waals surface area contributed by atoms with Gasteiger partial charge in [0.2, 0.25) is 11.8 Å². The minimum atomic E-state index is -0.589. The highest BCUT2D eigenvalue weighted by Crippen LogP contribution is 2.36. The molecule has 4 aromatic carbocycles. The molecule has 250 valence electrons. The SMILES string of the molecule is COc1ccc(NC(=O)CSc2nc3ccc(NC(=O)CSc4nc5ccc(N6C(=O)c7ccccc7C6=O)cc5s4)cc3s2)c([N+](=O)[O-])c1. The molecule has 0 fully saturated rings. The number of nitro benzene ring substituents is 1. The summed E-state index contributed by atoms with van der Waals surface area (Å²) in [7, 11) is 1.40. The molecule has 17 heteroatoms. The van der Waals surface area contributed by atoms with Gasteiger partial charge in [-0.15, -0.1) is 22.7 Å². The maximum absolute atomic E-state index is 12.9. The summed E-state index contributed by atoms with van der Waals surface area (Å²) in [5.41, 5.74) is 2.99. The van der Waals surface area contributed by atoms with Crippen LogP contribution in [0.5, 0.6) is 5.75 Å². The molecule has 2 N–H and O–H groups in total. The Balaban J connectivity index is 0.939. The van der Waals surface area contributed by atoms with E-state index in [1.54, 1.807) is 60.7 Å². The predicted octanol–water partition coefficient (Wildman–Crippen LogP) is 7.09. The molecule has 0 radical (unpaired) electrons. The van der Waals surface area contributed by atoms with E-state index < -0.39 is 10.8 Å². The van der Waals surface area contributed by atoms with Crippen molar-refractivity contribution in [1.29, 1.82) is 0 Å². The number of benzene rings is 4. The number of fused-ring (bicyclic) bond motifs is 3. The second kappa shape index (κ2) is 13.9. The topological polar surface area (TPSA) is 174 Å². The van der Waals surface area contributed by atoms with Gasteiger partial charge in [-0.3, -0.25) is 29.3 Å². The number of carbonyl (C=O) groups excluding carboxylic acids is 4. The van der Waals surface area contributed by atoms with Crippen molar-refractivity contribution in [1.82, 2.24) is 9.97 Å². The number of nitrogens with zero attached hydrogens (tertiary/aromatic N) is 4. The van der Waals surface area contributed by atoms with Crippen molar-refractivity contribution in [2.24, 2.45) is 0 Å². The highest BCUT2D eigenvalue weighted by Gasteiger charge is 2.36. The molecule has 0 spiro atoms. The molecule has 1 aliphatic heterocycles. The highest BCUT2D eigenvalue weighted by atomic mass is 32.2. The molecule has 50 heavy (non-hydrogen) atoms. The molecule has 6 aromatic rings. The van der Waals surface area contributed by atoms with Crippen LogP contribution in [0.2, 0.25) is 0 Å². The predicted molar refractivity (Wildman–Crippen MR) is 195 cm³/mol. The van der Waals surface area contributed by atoms with Gasteiger partial charge in [-0.25, -0.2) is 14.9 Å². The molecule has 13 nitrogen and oxygen atoms in total. The van der Waals surface area contributed by atoms with Gasteiger partial charge in [-0.1, -0.05) is 35.7 Å². The number of imide groups is 1. The van der Waals surface area contributed by atoms with Crippen LogP contribution < -0.4 is 20.3 Å². The molecule has 0 saturated carbocycles. The van der Waals surface area contributed by atoms with Crippen molar-refractivity contribution in [2.45, 2.75) is 8.68 Å². The lowest BCUT2D eigenvalue weighted by Crippen LogP contribution is -2.29. The smallest absolute Gasteiger partial charge is 0.296 e. The largest absolute Gasteiger partial charge is 0.496 e. The summed E-state index contributed by atoms with van der Waals surface area (Å²) in [6.07, 6.45) is 0. The Labute approximate surface area is 299 Å². The van der Waals surface area contributed by atoms with Crippen LogP contribution >= 0.6 is 46.2 Å². The number of ether oxygens (including phenoxy) is 1. The average Bonchev–Trinajstić information content (AvgIpc) is 3.79. The number of anilines is 3. The molecule has 0 bridgehead atoms. The van der Waals surface area contributed by atoms with Crippen molar-refractivity contribution in [3.63, 3.8) is 0 Å². The number of carbonyl (C=O) groups is 4. The number of nitrogens with one attached hydrogen (secondary N) is 2. The van der Waals surface area contributed by atoms with Gasteiger partial charge in [-0.2, -0.15) is 0 Å². The lowest BCUT2D eigenvalue weighted by atomic mass is 10.1. The minimum Gasteiger partial charge on any atom is -0.496 e. The van der Waals surface area contributed by atoms with Crippen molar-refractivity contribution in [2.75, 3.05) is 34.1 Å². The van der Waals surface area contributed by atoms with Gasteiger partial charge in [0.1, 0.15) is 11.4 Å². The highest BCUT2D eigenvalue weighted by molar-refractivity contribution is 8.02. The molecule has 1 aliphatic rings. The fourth-order valence-corrected chi connectivity index (χ4v) is 8.90. The van der Waals surface area contributed by atoms with Crippen LogP contribution in [0.1, 0.15) is 20.7 Å². The standard InChI is InChI=1S/C33H22N6O7S4/c1-46-19-8-11-22(25(14-19)39(44)45)35-29(41)16-48-32-36-23-9-6-17(12-26(23)49-32)34-28(40)15-47-33-37-24-10-7-18(13-27(24)50-33)38-30(42)20-4-2-3-5-21(20)31(38)43/h2-14H,15-16H2,1H3,(H,34,40)(H,35,41). The molecule has 0 unspecified atom stereocenters. The number of thioether (sulfide) groups is 2. The second-order valence-corrected chi connectivity index (χ2v) is 15.1. The summed E-state index contributed by atoms with van der Waals surface area (Å²) >= 11 is 5.20. The van der Waals surface area contributed by atoms with E-state index in [4.69, 9.17) is 4.74 Å². The zero-order chi connectivity index (χ0) is 34.9. The monoisotopic (exact) mass is 742 g/mol. The number of nitro groups is 1. The molecule has 0 saturated heterocycles. The Morgan fingerprint density at radius 3 is 2.04 bits per heavy atom. The first-order valence-corrected chi connectivity index (χ1v) is 18.2. The average molecular weight is 743 g/mol. The van der Waals surface area contributed by atoms with Gasteiger partial charge in [-0.05, 0) is 60.7 Å². The molecule has 4 amide bonds. The Bertz CT molecular complexity index is 2340. The van der Waals surface area contributed by atoms with Crippen LogP contribution in [-0.2, 0) is 9.59 Å². The number of hydrogen-bond donors (Lipinski definition) is 2. The van der Waals surface area contributed by atoms with E-state index in [-0.39, 0.29) is 40.6 Å². The lowest BCUT2D eigenvalue weighted by Gasteiger charge is -2.13. The number of amides is 4. The van der Waals surface area contributed by atoms with E-state index in [0.717, 1.165) is 9.40 Å². The van der Waals surface area contributed by atoms with E-state index in [2.05, 4.69) is 20.6 Å². The quantitative estimate of drug-likeness (QED) is 0.0601. The summed E-state index contributed by atoms with van der Waals surface area (Å²) < 4.78 is 7.91. The van der Waals surface area contributed by atoms with Crippen LogP contribution in [0.15, 0.2) is 87.5 Å². The lowest BCUT2D eigenvalue weighted by molar-refractivity contribution is -0.384. The molecule has 2 aromatic heterocycles. The first-order chi connectivity index (χ1) is 24.2. The maximum atomic E-state index is 12.9. The van der Waals surface area contributed by atoms with Gasteiger partial charge in [0.05, 0.1) is 66.9 Å². The molecular weight excluding hydrogens is 721 g/mol. The van der Waals surface area contributed by atoms with Crippen LogP contribution in [0.4, 0.5) is 22.7 Å². The summed E-state index contributed by atoms with van der Waals surface area (Å²) in [6, 6.07) is 21.4. The molecular formula is C33H22N6O7S4. The first kappa shape index (κ1) is 33.2. The minimum absolute atomic E-state index is 0.0142. The van der Waals surface area contributed by atoms with Crippen molar-refractivity contribution >= 4 is 113 Å². The van der Waals surface area contributed by atoms with E-state index in [9.17, 15) is 29.3 Å². The number of hydrogen-bond acceptors (Lipinski definition) is 13. The van der Waals surface area contributed by atoms with Crippen LogP contribution in [0.3, 0.4) is 0 Å². The number of aromatic nitrogens is 2.